The van der Waals surface area contributed by atoms with Gasteiger partial charge in [0.05, 0.1) is 0 Å². The maximum atomic E-state index is 11.3. The van der Waals surface area contributed by atoms with Gasteiger partial charge in [-0.05, 0) is 0 Å². The van der Waals surface area contributed by atoms with Gasteiger partial charge >= 0.3 is 39.1 Å². The summed E-state index contributed by atoms with van der Waals surface area (Å²) in [4.78, 5) is 90.1. The summed E-state index contributed by atoms with van der Waals surface area (Å²) in [7, 11) is -29.1. The van der Waals surface area contributed by atoms with E-state index in [9.17, 15) is 27.9 Å². The minimum atomic E-state index is -5.86. The van der Waals surface area contributed by atoms with Crippen LogP contribution in [0.3, 0.4) is 0 Å². The van der Waals surface area contributed by atoms with Crippen molar-refractivity contribution in [1.29, 1.82) is 0 Å². The van der Waals surface area contributed by atoms with E-state index in [1.807, 2.05) is 0 Å². The lowest BCUT2D eigenvalue weighted by molar-refractivity contribution is -0.205. The highest BCUT2D eigenvalue weighted by atomic mass is 31.2. The van der Waals surface area contributed by atoms with Gasteiger partial charge in [0.2, 0.25) is 0 Å². The van der Waals surface area contributed by atoms with E-state index >= 15 is 0 Å². The van der Waals surface area contributed by atoms with E-state index in [-0.39, 0.29) is 61.5 Å². The summed E-state index contributed by atoms with van der Waals surface area (Å²) in [6.45, 7) is 0. The Morgan fingerprint density at radius 2 is 0.429 bits per heavy atom. The highest BCUT2D eigenvalue weighted by Crippen LogP contribution is 2.54. The lowest BCUT2D eigenvalue weighted by atomic mass is 9.85. The fraction of sp³-hybridized carbons (Fsp3) is 1.00. The molecule has 1 fully saturated rings. The molecule has 0 heterocycles. The molecule has 0 aliphatic heterocycles. The van der Waals surface area contributed by atoms with Gasteiger partial charge in [0, 0.05) is 0 Å². The first-order valence-corrected chi connectivity index (χ1v) is 14.9. The number of aliphatic hydroxyl groups excluding tert-OH is 1. The van der Waals surface area contributed by atoms with Gasteiger partial charge in [-0.15, -0.1) is 0 Å². The van der Waals surface area contributed by atoms with E-state index in [1.165, 1.54) is 0 Å². The van der Waals surface area contributed by atoms with Gasteiger partial charge in [-0.25, -0.2) is 22.8 Å². The third kappa shape index (κ3) is 25.4. The van der Waals surface area contributed by atoms with Crippen molar-refractivity contribution in [1.82, 2.24) is 61.5 Å². The van der Waals surface area contributed by atoms with Crippen molar-refractivity contribution in [2.24, 2.45) is 0 Å². The first kappa shape index (κ1) is 69.0. The Morgan fingerprint density at radius 3 is 0.571 bits per heavy atom. The standard InChI is InChI=1S/C6H17O21P5.10H3N/c7-1-2(23-28(8,9)10)4(25-30(14,15)16)6(27-32(20,21)22)5(26-31(17,18)19)3(1)24-29(11,12)13;;;;;;;;;;/h1-7H,(H2,8,9,10)(H2,11,12,13)(H2,14,15,16)(H2,17,18,19)(H2,20,21,22);10*1H3. The molecule has 0 amide bonds. The summed E-state index contributed by atoms with van der Waals surface area (Å²) in [6.07, 6.45) is -17.4. The topological polar surface area (TPSA) is 704 Å². The molecule has 36 heteroatoms. The average molecular weight is 750 g/mol. The smallest absolute Gasteiger partial charge is 0.387 e. The van der Waals surface area contributed by atoms with E-state index in [4.69, 9.17) is 48.9 Å². The van der Waals surface area contributed by atoms with Crippen molar-refractivity contribution < 1.29 is 99.5 Å². The van der Waals surface area contributed by atoms with Crippen LogP contribution in [-0.2, 0) is 45.4 Å². The Balaban J connectivity index is -0.000000128. The second kappa shape index (κ2) is 23.4. The monoisotopic (exact) mass is 750 g/mol. The lowest BCUT2D eigenvalue weighted by Crippen LogP contribution is -2.66. The average Bonchev–Trinajstić information content (AvgIpc) is 2.45. The molecule has 42 heavy (non-hydrogen) atoms. The van der Waals surface area contributed by atoms with Gasteiger partial charge in [-0.3, -0.25) is 22.6 Å². The van der Waals surface area contributed by atoms with Crippen molar-refractivity contribution >= 4 is 39.1 Å². The molecular formula is C6H47N10O21P5. The maximum Gasteiger partial charge on any atom is 0.470 e. The molecule has 0 saturated heterocycles. The molecule has 4 atom stereocenters. The van der Waals surface area contributed by atoms with Crippen molar-refractivity contribution in [2.75, 3.05) is 0 Å². The molecule has 0 radical (unpaired) electrons. The van der Waals surface area contributed by atoms with Crippen molar-refractivity contribution in [3.05, 3.63) is 0 Å². The Kier molecular flexibility index (Phi) is 38.5. The van der Waals surface area contributed by atoms with Crippen LogP contribution in [0.4, 0.5) is 0 Å². The fourth-order valence-corrected chi connectivity index (χ4v) is 5.33. The first-order chi connectivity index (χ1) is 13.9. The van der Waals surface area contributed by atoms with E-state index in [0.29, 0.717) is 0 Å². The summed E-state index contributed by atoms with van der Waals surface area (Å²) >= 11 is 0. The Morgan fingerprint density at radius 1 is 0.310 bits per heavy atom. The number of rotatable bonds is 10. The summed E-state index contributed by atoms with van der Waals surface area (Å²) in [5.74, 6) is 0. The van der Waals surface area contributed by atoms with Crippen molar-refractivity contribution in [2.45, 2.75) is 36.6 Å². The lowest BCUT2D eigenvalue weighted by Gasteiger charge is -2.47. The summed E-state index contributed by atoms with van der Waals surface area (Å²) < 4.78 is 76.6. The van der Waals surface area contributed by atoms with Crippen LogP contribution in [0.5, 0.6) is 0 Å². The van der Waals surface area contributed by atoms with Gasteiger partial charge < -0.3 is 116 Å². The van der Waals surface area contributed by atoms with E-state index in [2.05, 4.69) is 22.6 Å². The van der Waals surface area contributed by atoms with Gasteiger partial charge in [0.25, 0.3) is 0 Å². The van der Waals surface area contributed by atoms with Crippen LogP contribution in [0.25, 0.3) is 0 Å². The van der Waals surface area contributed by atoms with Crippen LogP contribution in [0.2, 0.25) is 0 Å². The number of aliphatic hydroxyl groups is 1. The molecule has 0 spiro atoms. The van der Waals surface area contributed by atoms with Gasteiger partial charge in [-0.2, -0.15) is 0 Å². The molecule has 0 aromatic carbocycles. The molecule has 4 unspecified atom stereocenters. The Bertz CT molecular complexity index is 858. The molecule has 1 saturated carbocycles. The molecule has 1 aliphatic carbocycles. The number of hydrogen-bond acceptors (Lipinski definition) is 21. The summed E-state index contributed by atoms with van der Waals surface area (Å²) in [5.41, 5.74) is 0. The van der Waals surface area contributed by atoms with Crippen LogP contribution >= 0.6 is 39.1 Å². The van der Waals surface area contributed by atoms with Gasteiger partial charge in [0.15, 0.2) is 0 Å². The van der Waals surface area contributed by atoms with Crippen molar-refractivity contribution in [3.63, 3.8) is 0 Å². The van der Waals surface area contributed by atoms with E-state index < -0.39 is 75.7 Å². The number of hydrogen-bond donors (Lipinski definition) is 21. The molecule has 0 bridgehead atoms. The molecular weight excluding hydrogens is 703 g/mol. The third-order valence-corrected chi connectivity index (χ3v) is 5.85. The minimum absolute atomic E-state index is 0. The molecule has 1 rings (SSSR count). The second-order valence-corrected chi connectivity index (χ2v) is 11.8. The zero-order chi connectivity index (χ0) is 25.5. The predicted molar refractivity (Wildman–Crippen MR) is 141 cm³/mol. The normalized spacial score (nSPS) is 23.6. The first-order valence-electron chi connectivity index (χ1n) is 7.26. The van der Waals surface area contributed by atoms with Crippen LogP contribution < -0.4 is 61.5 Å². The SMILES string of the molecule is N.N.N.N.N.N.N.N.N.N.O=P(O)(O)OC1C(O)C(OP(=O)(O)O)C(OP(=O)(O)O)C(OP(=O)(O)O)C1OP(=O)(O)O. The Hall–Kier alpha value is 0.110. The second-order valence-electron chi connectivity index (χ2n) is 5.79. The van der Waals surface area contributed by atoms with Crippen LogP contribution in [0, 0.1) is 0 Å². The van der Waals surface area contributed by atoms with Gasteiger partial charge in [-0.1, -0.05) is 0 Å². The minimum Gasteiger partial charge on any atom is -0.387 e. The van der Waals surface area contributed by atoms with Crippen LogP contribution in [0.15, 0.2) is 0 Å². The molecule has 31 nitrogen and oxygen atoms in total. The molecule has 1 aliphatic rings. The highest BCUT2D eigenvalue weighted by Gasteiger charge is 2.60. The maximum absolute atomic E-state index is 11.3. The number of phosphoric ester groups is 5. The van der Waals surface area contributed by atoms with Crippen molar-refractivity contribution in [3.8, 4) is 0 Å². The summed E-state index contributed by atoms with van der Waals surface area (Å²) in [6, 6.07) is 0. The summed E-state index contributed by atoms with van der Waals surface area (Å²) in [5, 5.41) is 10.3. The highest BCUT2D eigenvalue weighted by molar-refractivity contribution is 7.47. The van der Waals surface area contributed by atoms with Crippen LogP contribution in [-0.4, -0.2) is 90.7 Å². The van der Waals surface area contributed by atoms with Gasteiger partial charge in [0.1, 0.15) is 36.6 Å². The largest absolute Gasteiger partial charge is 0.470 e. The predicted octanol–water partition coefficient (Wildman–Crippen LogP) is -1.63. The van der Waals surface area contributed by atoms with E-state index in [1.54, 1.807) is 0 Å². The zero-order valence-electron chi connectivity index (χ0n) is 21.8. The quantitative estimate of drug-likeness (QED) is 0.111. The van der Waals surface area contributed by atoms with Crippen LogP contribution in [0.1, 0.15) is 0 Å². The Labute approximate surface area is 237 Å². The third-order valence-electron chi connectivity index (χ3n) is 3.26. The fourth-order valence-electron chi connectivity index (χ4n) is 2.53. The zero-order valence-corrected chi connectivity index (χ0v) is 26.2. The number of phosphoric acid groups is 5. The molecule has 0 aromatic heterocycles. The van der Waals surface area contributed by atoms with E-state index in [0.717, 1.165) is 0 Å². The molecule has 272 valence electrons. The molecule has 0 aromatic rings. The molecule has 41 N–H and O–H groups in total.